The monoisotopic (exact) mass is 237 g/mol. The standard InChI is InChI=1S/C15H11NO2/c17-15(18)8-7-12-3-5-13(6-4-12)10-14-2-1-9-16-11-14/h1-6,9,11H,10H2,(H,17,18). The average Bonchev–Trinajstić information content (AvgIpc) is 2.39. The predicted octanol–water partition coefficient (Wildman–Crippen LogP) is 2.11. The lowest BCUT2D eigenvalue weighted by atomic mass is 10.1. The van der Waals surface area contributed by atoms with E-state index >= 15 is 0 Å². The van der Waals surface area contributed by atoms with Gasteiger partial charge in [-0.25, -0.2) is 4.79 Å². The lowest BCUT2D eigenvalue weighted by Crippen LogP contribution is -1.90. The number of pyridine rings is 1. The SMILES string of the molecule is O=C(O)C#Cc1ccc(Cc2cccnc2)cc1. The normalized spacial score (nSPS) is 9.33. The van der Waals surface area contributed by atoms with E-state index in [9.17, 15) is 4.79 Å². The molecule has 1 N–H and O–H groups in total. The summed E-state index contributed by atoms with van der Waals surface area (Å²) >= 11 is 0. The van der Waals surface area contributed by atoms with E-state index in [1.165, 1.54) is 0 Å². The zero-order valence-electron chi connectivity index (χ0n) is 9.63. The molecule has 3 nitrogen and oxygen atoms in total. The van der Waals surface area contributed by atoms with Crippen LogP contribution in [0.25, 0.3) is 0 Å². The first-order chi connectivity index (χ1) is 8.74. The molecule has 0 saturated carbocycles. The van der Waals surface area contributed by atoms with Gasteiger partial charge in [0.25, 0.3) is 0 Å². The maximum atomic E-state index is 10.3. The number of nitrogens with zero attached hydrogens (tertiary/aromatic N) is 1. The van der Waals surface area contributed by atoms with Crippen LogP contribution in [0.2, 0.25) is 0 Å². The maximum absolute atomic E-state index is 10.3. The Hall–Kier alpha value is -2.60. The van der Waals surface area contributed by atoms with Crippen molar-refractivity contribution in [3.05, 3.63) is 65.5 Å². The highest BCUT2D eigenvalue weighted by atomic mass is 16.4. The van der Waals surface area contributed by atoms with Crippen LogP contribution in [-0.4, -0.2) is 16.1 Å². The Bertz CT molecular complexity index is 592. The fraction of sp³-hybridized carbons (Fsp3) is 0.0667. The van der Waals surface area contributed by atoms with E-state index in [0.29, 0.717) is 5.56 Å². The van der Waals surface area contributed by atoms with Gasteiger partial charge in [0.15, 0.2) is 0 Å². The molecule has 1 aromatic heterocycles. The smallest absolute Gasteiger partial charge is 0.382 e. The number of hydrogen-bond donors (Lipinski definition) is 1. The van der Waals surface area contributed by atoms with Crippen molar-refractivity contribution < 1.29 is 9.90 Å². The molecule has 0 saturated heterocycles. The number of carboxylic acid groups (broad SMARTS) is 1. The number of benzene rings is 1. The summed E-state index contributed by atoms with van der Waals surface area (Å²) in [4.78, 5) is 14.4. The van der Waals surface area contributed by atoms with Crippen LogP contribution < -0.4 is 0 Å². The first-order valence-corrected chi connectivity index (χ1v) is 5.47. The summed E-state index contributed by atoms with van der Waals surface area (Å²) in [7, 11) is 0. The molecular weight excluding hydrogens is 226 g/mol. The van der Waals surface area contributed by atoms with Gasteiger partial charge in [-0.15, -0.1) is 0 Å². The molecule has 2 aromatic rings. The Morgan fingerprint density at radius 3 is 2.56 bits per heavy atom. The summed E-state index contributed by atoms with van der Waals surface area (Å²) in [5.74, 6) is 3.54. The molecule has 0 aliphatic carbocycles. The van der Waals surface area contributed by atoms with Crippen molar-refractivity contribution in [2.45, 2.75) is 6.42 Å². The van der Waals surface area contributed by atoms with Gasteiger partial charge in [-0.2, -0.15) is 0 Å². The van der Waals surface area contributed by atoms with Crippen LogP contribution in [-0.2, 0) is 11.2 Å². The zero-order chi connectivity index (χ0) is 12.8. The minimum atomic E-state index is -1.12. The summed E-state index contributed by atoms with van der Waals surface area (Å²) < 4.78 is 0. The van der Waals surface area contributed by atoms with Gasteiger partial charge < -0.3 is 5.11 Å². The molecule has 0 aliphatic rings. The van der Waals surface area contributed by atoms with Crippen LogP contribution in [0, 0.1) is 11.8 Å². The molecule has 0 fully saturated rings. The van der Waals surface area contributed by atoms with Gasteiger partial charge in [-0.3, -0.25) is 4.98 Å². The maximum Gasteiger partial charge on any atom is 0.382 e. The third-order valence-corrected chi connectivity index (χ3v) is 2.40. The van der Waals surface area contributed by atoms with Gasteiger partial charge in [0.05, 0.1) is 0 Å². The van der Waals surface area contributed by atoms with Crippen LogP contribution in [0.5, 0.6) is 0 Å². The molecule has 0 unspecified atom stereocenters. The van der Waals surface area contributed by atoms with Crippen molar-refractivity contribution in [2.24, 2.45) is 0 Å². The predicted molar refractivity (Wildman–Crippen MR) is 68.0 cm³/mol. The van der Waals surface area contributed by atoms with Gasteiger partial charge in [-0.05, 0) is 35.7 Å². The van der Waals surface area contributed by atoms with Crippen LogP contribution in [0.3, 0.4) is 0 Å². The molecule has 0 bridgehead atoms. The van der Waals surface area contributed by atoms with E-state index in [2.05, 4.69) is 16.8 Å². The third kappa shape index (κ3) is 3.46. The van der Waals surface area contributed by atoms with Crippen molar-refractivity contribution in [2.75, 3.05) is 0 Å². The van der Waals surface area contributed by atoms with Crippen LogP contribution in [0.1, 0.15) is 16.7 Å². The second-order valence-corrected chi connectivity index (χ2v) is 3.79. The highest BCUT2D eigenvalue weighted by Crippen LogP contribution is 2.09. The molecule has 18 heavy (non-hydrogen) atoms. The van der Waals surface area contributed by atoms with Crippen molar-refractivity contribution in [3.8, 4) is 11.8 Å². The van der Waals surface area contributed by atoms with Crippen molar-refractivity contribution >= 4 is 5.97 Å². The van der Waals surface area contributed by atoms with E-state index < -0.39 is 5.97 Å². The fourth-order valence-corrected chi connectivity index (χ4v) is 1.57. The van der Waals surface area contributed by atoms with Crippen molar-refractivity contribution in [1.29, 1.82) is 0 Å². The topological polar surface area (TPSA) is 50.2 Å². The molecule has 0 amide bonds. The molecule has 1 heterocycles. The number of aromatic nitrogens is 1. The van der Waals surface area contributed by atoms with E-state index in [4.69, 9.17) is 5.11 Å². The fourth-order valence-electron chi connectivity index (χ4n) is 1.57. The number of carboxylic acids is 1. The molecule has 2 rings (SSSR count). The van der Waals surface area contributed by atoms with E-state index in [-0.39, 0.29) is 0 Å². The molecule has 0 atom stereocenters. The summed E-state index contributed by atoms with van der Waals surface area (Å²) in [6.07, 6.45) is 4.38. The Morgan fingerprint density at radius 2 is 1.94 bits per heavy atom. The number of carbonyl (C=O) groups is 1. The van der Waals surface area contributed by atoms with E-state index in [1.54, 1.807) is 6.20 Å². The Labute approximate surface area is 105 Å². The largest absolute Gasteiger partial charge is 0.472 e. The van der Waals surface area contributed by atoms with Crippen molar-refractivity contribution in [3.63, 3.8) is 0 Å². The van der Waals surface area contributed by atoms with Crippen LogP contribution in [0.15, 0.2) is 48.8 Å². The molecule has 0 spiro atoms. The Kier molecular flexibility index (Phi) is 3.72. The summed E-state index contributed by atoms with van der Waals surface area (Å²) in [6.45, 7) is 0. The minimum Gasteiger partial charge on any atom is -0.472 e. The van der Waals surface area contributed by atoms with Gasteiger partial charge in [0.1, 0.15) is 0 Å². The molecule has 3 heteroatoms. The molecular formula is C15H11NO2. The first-order valence-electron chi connectivity index (χ1n) is 5.47. The summed E-state index contributed by atoms with van der Waals surface area (Å²) in [5.41, 5.74) is 2.98. The molecule has 88 valence electrons. The molecule has 1 aromatic carbocycles. The highest BCUT2D eigenvalue weighted by molar-refractivity contribution is 5.87. The van der Waals surface area contributed by atoms with Gasteiger partial charge in [-0.1, -0.05) is 24.1 Å². The lowest BCUT2D eigenvalue weighted by molar-refractivity contribution is -0.130. The van der Waals surface area contributed by atoms with Crippen LogP contribution in [0.4, 0.5) is 0 Å². The van der Waals surface area contributed by atoms with E-state index in [0.717, 1.165) is 17.5 Å². The molecule has 0 aliphatic heterocycles. The third-order valence-electron chi connectivity index (χ3n) is 2.40. The van der Waals surface area contributed by atoms with Gasteiger partial charge in [0.2, 0.25) is 0 Å². The summed E-state index contributed by atoms with van der Waals surface area (Å²) in [5, 5.41) is 8.44. The zero-order valence-corrected chi connectivity index (χ0v) is 9.63. The minimum absolute atomic E-state index is 0.701. The average molecular weight is 237 g/mol. The number of rotatable bonds is 2. The highest BCUT2D eigenvalue weighted by Gasteiger charge is 1.96. The molecule has 0 radical (unpaired) electrons. The second-order valence-electron chi connectivity index (χ2n) is 3.79. The van der Waals surface area contributed by atoms with E-state index in [1.807, 2.05) is 42.6 Å². The van der Waals surface area contributed by atoms with Gasteiger partial charge >= 0.3 is 5.97 Å². The first kappa shape index (κ1) is 11.9. The number of hydrogen-bond acceptors (Lipinski definition) is 2. The van der Waals surface area contributed by atoms with Crippen LogP contribution >= 0.6 is 0 Å². The van der Waals surface area contributed by atoms with Gasteiger partial charge in [0, 0.05) is 23.9 Å². The second kappa shape index (κ2) is 5.65. The number of aliphatic carboxylic acids is 1. The summed E-state index contributed by atoms with van der Waals surface area (Å²) in [6, 6.07) is 11.5. The Morgan fingerprint density at radius 1 is 1.17 bits per heavy atom. The lowest BCUT2D eigenvalue weighted by Gasteiger charge is -2.01. The quantitative estimate of drug-likeness (QED) is 0.814. The van der Waals surface area contributed by atoms with Crippen molar-refractivity contribution in [1.82, 2.24) is 4.98 Å². The Balaban J connectivity index is 2.09.